The maximum atomic E-state index is 10.5. The van der Waals surface area contributed by atoms with E-state index in [0.29, 0.717) is 0 Å². The molecule has 0 aliphatic rings. The molecule has 0 rings (SSSR count). The normalized spacial score (nSPS) is 12.1. The first-order valence-corrected chi connectivity index (χ1v) is 4.39. The molecule has 1 unspecified atom stereocenters. The van der Waals surface area contributed by atoms with Gasteiger partial charge in [-0.2, -0.15) is 0 Å². The fourth-order valence-electron chi connectivity index (χ4n) is 1.05. The first-order chi connectivity index (χ1) is 5.70. The summed E-state index contributed by atoms with van der Waals surface area (Å²) in [5, 5.41) is 2.61. The molecule has 0 aromatic heterocycles. The molecule has 2 amide bonds. The summed E-state index contributed by atoms with van der Waals surface area (Å²) >= 11 is 0. The van der Waals surface area contributed by atoms with Gasteiger partial charge in [-0.05, 0) is 6.42 Å². The highest BCUT2D eigenvalue weighted by Crippen LogP contribution is 2.03. The van der Waals surface area contributed by atoms with Gasteiger partial charge in [0.05, 0.1) is 0 Å². The number of carbonyl (C=O) groups excluding carboxylic acids is 1. The van der Waals surface area contributed by atoms with Crippen molar-refractivity contribution in [2.75, 3.05) is 0 Å². The van der Waals surface area contributed by atoms with Crippen LogP contribution >= 0.6 is 0 Å². The summed E-state index contributed by atoms with van der Waals surface area (Å²) in [6.07, 6.45) is 6.12. The Morgan fingerprint density at radius 3 is 2.75 bits per heavy atom. The number of unbranched alkanes of at least 4 members (excludes halogenated alkanes) is 2. The smallest absolute Gasteiger partial charge is 0.312 e. The standard InChI is InChI=1S/C9H18N2O/c1-3-5-6-7-8(4-2)11-9(10)12/h4,8H,2-3,5-7H2,1H3,(H3,10,11,12). The number of nitrogens with one attached hydrogen (secondary N) is 1. The van der Waals surface area contributed by atoms with Crippen LogP contribution in [0.1, 0.15) is 32.6 Å². The van der Waals surface area contributed by atoms with Gasteiger partial charge >= 0.3 is 6.03 Å². The van der Waals surface area contributed by atoms with E-state index in [0.717, 1.165) is 12.8 Å². The zero-order valence-corrected chi connectivity index (χ0v) is 7.68. The quantitative estimate of drug-likeness (QED) is 0.463. The molecule has 3 N–H and O–H groups in total. The first kappa shape index (κ1) is 11.0. The van der Waals surface area contributed by atoms with Crippen LogP contribution in [0, 0.1) is 0 Å². The zero-order chi connectivity index (χ0) is 9.40. The van der Waals surface area contributed by atoms with Gasteiger partial charge in [-0.3, -0.25) is 0 Å². The molecule has 70 valence electrons. The number of urea groups is 1. The summed E-state index contributed by atoms with van der Waals surface area (Å²) < 4.78 is 0. The van der Waals surface area contributed by atoms with Crippen molar-refractivity contribution >= 4 is 6.03 Å². The third-order valence-corrected chi connectivity index (χ3v) is 1.73. The van der Waals surface area contributed by atoms with E-state index in [-0.39, 0.29) is 6.04 Å². The van der Waals surface area contributed by atoms with Crippen molar-refractivity contribution in [2.24, 2.45) is 5.73 Å². The molecule has 0 heterocycles. The number of amides is 2. The molecule has 12 heavy (non-hydrogen) atoms. The van der Waals surface area contributed by atoms with Gasteiger partial charge in [0.25, 0.3) is 0 Å². The minimum atomic E-state index is -0.476. The van der Waals surface area contributed by atoms with Crippen molar-refractivity contribution in [1.29, 1.82) is 0 Å². The number of carbonyl (C=O) groups is 1. The Hall–Kier alpha value is -0.990. The highest BCUT2D eigenvalue weighted by atomic mass is 16.2. The topological polar surface area (TPSA) is 55.1 Å². The van der Waals surface area contributed by atoms with Gasteiger partial charge in [0, 0.05) is 6.04 Å². The predicted molar refractivity (Wildman–Crippen MR) is 50.8 cm³/mol. The average molecular weight is 170 g/mol. The fourth-order valence-corrected chi connectivity index (χ4v) is 1.05. The number of hydrogen-bond acceptors (Lipinski definition) is 1. The van der Waals surface area contributed by atoms with E-state index < -0.39 is 6.03 Å². The SMILES string of the molecule is C=CC(CCCCC)NC(N)=O. The molecule has 0 saturated heterocycles. The molecule has 0 saturated carbocycles. The van der Waals surface area contributed by atoms with E-state index in [1.165, 1.54) is 12.8 Å². The Balaban J connectivity index is 3.53. The molecule has 0 aliphatic carbocycles. The number of rotatable bonds is 6. The van der Waals surface area contributed by atoms with E-state index in [2.05, 4.69) is 18.8 Å². The van der Waals surface area contributed by atoms with Gasteiger partial charge in [-0.15, -0.1) is 6.58 Å². The summed E-state index contributed by atoms with van der Waals surface area (Å²) in [6, 6.07) is -0.439. The number of hydrogen-bond donors (Lipinski definition) is 2. The summed E-state index contributed by atoms with van der Waals surface area (Å²) in [7, 11) is 0. The van der Waals surface area contributed by atoms with Crippen LogP contribution in [0.4, 0.5) is 4.79 Å². The van der Waals surface area contributed by atoms with Gasteiger partial charge in [-0.1, -0.05) is 32.3 Å². The summed E-state index contributed by atoms with van der Waals surface area (Å²) in [5.41, 5.74) is 4.98. The van der Waals surface area contributed by atoms with Crippen LogP contribution < -0.4 is 11.1 Å². The fraction of sp³-hybridized carbons (Fsp3) is 0.667. The number of nitrogens with two attached hydrogens (primary N) is 1. The van der Waals surface area contributed by atoms with E-state index in [9.17, 15) is 4.79 Å². The van der Waals surface area contributed by atoms with E-state index in [4.69, 9.17) is 5.73 Å². The minimum Gasteiger partial charge on any atom is -0.352 e. The van der Waals surface area contributed by atoms with Crippen LogP contribution in [0.5, 0.6) is 0 Å². The van der Waals surface area contributed by atoms with Gasteiger partial charge < -0.3 is 11.1 Å². The molecule has 0 aromatic rings. The van der Waals surface area contributed by atoms with Crippen LogP contribution in [0.15, 0.2) is 12.7 Å². The summed E-state index contributed by atoms with van der Waals surface area (Å²) in [6.45, 7) is 5.77. The first-order valence-electron chi connectivity index (χ1n) is 4.39. The van der Waals surface area contributed by atoms with Crippen molar-refractivity contribution in [3.63, 3.8) is 0 Å². The van der Waals surface area contributed by atoms with Crippen molar-refractivity contribution < 1.29 is 4.79 Å². The lowest BCUT2D eigenvalue weighted by Gasteiger charge is -2.11. The van der Waals surface area contributed by atoms with E-state index in [1.807, 2.05) is 0 Å². The van der Waals surface area contributed by atoms with Crippen molar-refractivity contribution in [3.05, 3.63) is 12.7 Å². The van der Waals surface area contributed by atoms with Crippen LogP contribution in [0.25, 0.3) is 0 Å². The molecule has 1 atom stereocenters. The molecule has 0 aliphatic heterocycles. The lowest BCUT2D eigenvalue weighted by atomic mass is 10.1. The van der Waals surface area contributed by atoms with Crippen LogP contribution in [0.2, 0.25) is 0 Å². The van der Waals surface area contributed by atoms with Gasteiger partial charge in [0.1, 0.15) is 0 Å². The summed E-state index contributed by atoms with van der Waals surface area (Å²) in [5.74, 6) is 0. The predicted octanol–water partition coefficient (Wildman–Crippen LogP) is 1.79. The maximum absolute atomic E-state index is 10.5. The maximum Gasteiger partial charge on any atom is 0.312 e. The molecular formula is C9H18N2O. The second-order valence-electron chi connectivity index (χ2n) is 2.85. The van der Waals surface area contributed by atoms with E-state index >= 15 is 0 Å². The lowest BCUT2D eigenvalue weighted by Crippen LogP contribution is -2.37. The van der Waals surface area contributed by atoms with Gasteiger partial charge in [0.2, 0.25) is 0 Å². The van der Waals surface area contributed by atoms with Crippen LogP contribution in [-0.2, 0) is 0 Å². The molecule has 3 heteroatoms. The second-order valence-corrected chi connectivity index (χ2v) is 2.85. The Morgan fingerprint density at radius 1 is 1.67 bits per heavy atom. The van der Waals surface area contributed by atoms with Gasteiger partial charge in [-0.25, -0.2) is 4.79 Å². The average Bonchev–Trinajstić information content (AvgIpc) is 2.02. The highest BCUT2D eigenvalue weighted by molar-refractivity contribution is 5.72. The molecular weight excluding hydrogens is 152 g/mol. The molecule has 0 spiro atoms. The Bertz CT molecular complexity index is 145. The third-order valence-electron chi connectivity index (χ3n) is 1.73. The largest absolute Gasteiger partial charge is 0.352 e. The zero-order valence-electron chi connectivity index (χ0n) is 7.68. The number of primary amides is 1. The van der Waals surface area contributed by atoms with Gasteiger partial charge in [0.15, 0.2) is 0 Å². The van der Waals surface area contributed by atoms with Crippen molar-refractivity contribution in [2.45, 2.75) is 38.6 Å². The van der Waals surface area contributed by atoms with Crippen molar-refractivity contribution in [1.82, 2.24) is 5.32 Å². The molecule has 0 fully saturated rings. The Labute approximate surface area is 74.0 Å². The molecule has 0 radical (unpaired) electrons. The Morgan fingerprint density at radius 2 is 2.33 bits per heavy atom. The second kappa shape index (κ2) is 6.70. The third kappa shape index (κ3) is 5.77. The summed E-state index contributed by atoms with van der Waals surface area (Å²) in [4.78, 5) is 10.5. The monoisotopic (exact) mass is 170 g/mol. The molecule has 3 nitrogen and oxygen atoms in total. The van der Waals surface area contributed by atoms with Crippen LogP contribution in [-0.4, -0.2) is 12.1 Å². The molecule has 0 bridgehead atoms. The van der Waals surface area contributed by atoms with E-state index in [1.54, 1.807) is 6.08 Å². The highest BCUT2D eigenvalue weighted by Gasteiger charge is 2.03. The lowest BCUT2D eigenvalue weighted by molar-refractivity contribution is 0.246. The Kier molecular flexibility index (Phi) is 6.15. The van der Waals surface area contributed by atoms with Crippen molar-refractivity contribution in [3.8, 4) is 0 Å². The molecule has 0 aromatic carbocycles. The minimum absolute atomic E-state index is 0.0362. The van der Waals surface area contributed by atoms with Crippen LogP contribution in [0.3, 0.4) is 0 Å².